The Morgan fingerprint density at radius 2 is 0.379 bits per heavy atom. The molecule has 12 nitrogen and oxygen atoms in total. The van der Waals surface area contributed by atoms with Crippen LogP contribution in [0.5, 0.6) is 0 Å². The molecule has 10 rings (SSSR count). The average molecular weight is 789 g/mol. The number of likely N-dealkylation sites (tertiary alicyclic amines) is 8. The van der Waals surface area contributed by atoms with E-state index in [1.54, 1.807) is 0 Å². The summed E-state index contributed by atoms with van der Waals surface area (Å²) in [6.45, 7) is 17.2. The van der Waals surface area contributed by atoms with E-state index in [4.69, 9.17) is 20.0 Å². The van der Waals surface area contributed by atoms with Gasteiger partial charge >= 0.3 is 0 Å². The van der Waals surface area contributed by atoms with Crippen LogP contribution in [0.15, 0.2) is 44.2 Å². The molecule has 2 aromatic carbocycles. The number of guanidine groups is 4. The summed E-state index contributed by atoms with van der Waals surface area (Å²) in [4.78, 5) is 43.7. The molecule has 2 aromatic rings. The molecule has 12 heteroatoms. The van der Waals surface area contributed by atoms with Crippen molar-refractivity contribution in [1.82, 2.24) is 39.2 Å². The Bertz CT molecular complexity index is 1520. The van der Waals surface area contributed by atoms with Gasteiger partial charge < -0.3 is 39.2 Å². The molecule has 0 N–H and O–H groups in total. The fraction of sp³-hybridized carbons (Fsp3) is 0.696. The van der Waals surface area contributed by atoms with Gasteiger partial charge in [-0.3, -0.25) is 0 Å². The van der Waals surface area contributed by atoms with E-state index in [0.717, 1.165) is 162 Å². The van der Waals surface area contributed by atoms with E-state index in [1.807, 2.05) is 0 Å². The molecule has 8 saturated heterocycles. The molecule has 8 aliphatic rings. The number of hydrogen-bond acceptors (Lipinski definition) is 4. The Balaban J connectivity index is 1.24. The Kier molecular flexibility index (Phi) is 11.5. The lowest BCUT2D eigenvalue weighted by Gasteiger charge is -2.30. The third-order valence-electron chi connectivity index (χ3n) is 14.1. The van der Waals surface area contributed by atoms with Crippen LogP contribution in [-0.2, 0) is 0 Å². The second-order valence-corrected chi connectivity index (χ2v) is 18.2. The highest BCUT2D eigenvalue weighted by atomic mass is 15.4. The fourth-order valence-electron chi connectivity index (χ4n) is 10.9. The second kappa shape index (κ2) is 17.6. The smallest absolute Gasteiger partial charge is 0.201 e. The van der Waals surface area contributed by atoms with Gasteiger partial charge in [0.25, 0.3) is 0 Å². The minimum atomic E-state index is 1.01. The fourth-order valence-corrected chi connectivity index (χ4v) is 10.9. The SMILES string of the molecule is c1cc(N=C(N2CCCC2)N2CCCC2)c2c(N=C(N3CCCC3)N3CCCC3)ccc(N=C(N3CCCC3)N3CCCC3)c2c1N=C(N1CCCC1)N1CCCC1. The molecule has 8 aliphatic heterocycles. The summed E-state index contributed by atoms with van der Waals surface area (Å²) in [6.07, 6.45) is 19.7. The number of fused-ring (bicyclic) bond motifs is 1. The van der Waals surface area contributed by atoms with Gasteiger partial charge in [-0.1, -0.05) is 0 Å². The summed E-state index contributed by atoms with van der Waals surface area (Å²) in [6, 6.07) is 9.16. The first-order chi connectivity index (χ1) is 28.8. The van der Waals surface area contributed by atoms with E-state index in [-0.39, 0.29) is 0 Å². The second-order valence-electron chi connectivity index (χ2n) is 18.2. The monoisotopic (exact) mass is 789 g/mol. The highest BCUT2D eigenvalue weighted by molar-refractivity contribution is 6.15. The maximum absolute atomic E-state index is 5.80. The molecule has 0 aromatic heterocycles. The first-order valence-electron chi connectivity index (χ1n) is 23.7. The number of aliphatic imine (C=N–C) groups is 4. The molecule has 0 aliphatic carbocycles. The maximum atomic E-state index is 5.80. The lowest BCUT2D eigenvalue weighted by molar-refractivity contribution is 0.395. The topological polar surface area (TPSA) is 75.4 Å². The predicted molar refractivity (Wildman–Crippen MR) is 239 cm³/mol. The minimum absolute atomic E-state index is 1.01. The van der Waals surface area contributed by atoms with Gasteiger partial charge in [-0.15, -0.1) is 0 Å². The summed E-state index contributed by atoms with van der Waals surface area (Å²) < 4.78 is 0. The number of rotatable bonds is 4. The van der Waals surface area contributed by atoms with Crippen LogP contribution in [0.2, 0.25) is 0 Å². The third-order valence-corrected chi connectivity index (χ3v) is 14.1. The van der Waals surface area contributed by atoms with Gasteiger partial charge in [0.1, 0.15) is 0 Å². The van der Waals surface area contributed by atoms with Crippen molar-refractivity contribution >= 4 is 57.4 Å². The summed E-state index contributed by atoms with van der Waals surface area (Å²) >= 11 is 0. The van der Waals surface area contributed by atoms with Crippen LogP contribution in [0, 0.1) is 0 Å². The molecular formula is C46H68N12. The molecule has 0 radical (unpaired) electrons. The quantitative estimate of drug-likeness (QED) is 0.233. The van der Waals surface area contributed by atoms with Crippen LogP contribution in [0.1, 0.15) is 103 Å². The molecule has 8 fully saturated rings. The molecule has 0 atom stereocenters. The molecule has 0 saturated carbocycles. The molecule has 0 spiro atoms. The van der Waals surface area contributed by atoms with E-state index in [9.17, 15) is 0 Å². The van der Waals surface area contributed by atoms with Gasteiger partial charge in [-0.2, -0.15) is 0 Å². The first-order valence-corrected chi connectivity index (χ1v) is 23.7. The molecule has 0 unspecified atom stereocenters. The predicted octanol–water partition coefficient (Wildman–Crippen LogP) is 7.56. The van der Waals surface area contributed by atoms with E-state index < -0.39 is 0 Å². The Labute approximate surface area is 347 Å². The van der Waals surface area contributed by atoms with Crippen LogP contribution in [0.3, 0.4) is 0 Å². The molecule has 312 valence electrons. The molecule has 58 heavy (non-hydrogen) atoms. The zero-order valence-corrected chi connectivity index (χ0v) is 35.3. The number of nitrogens with zero attached hydrogens (tertiary/aromatic N) is 12. The van der Waals surface area contributed by atoms with E-state index in [0.29, 0.717) is 0 Å². The largest absolute Gasteiger partial charge is 0.343 e. The standard InChI is InChI=1S/C46H68N12/c1-2-22-51(21-1)43(52-23-3-4-24-52)47-37-17-18-39(49-45(55-29-9-10-30-55)56-31-11-12-32-56)42-40(50-46(57-33-13-14-34-57)58-35-15-16-36-58)20-19-38(41(37)42)48-44(53-25-5-6-26-53)54-27-7-8-28-54/h17-20H,1-16,21-36H2. The van der Waals surface area contributed by atoms with Crippen molar-refractivity contribution in [2.75, 3.05) is 105 Å². The van der Waals surface area contributed by atoms with Crippen LogP contribution in [0.4, 0.5) is 22.7 Å². The van der Waals surface area contributed by atoms with Crippen molar-refractivity contribution in [3.05, 3.63) is 24.3 Å². The van der Waals surface area contributed by atoms with Crippen molar-refractivity contribution < 1.29 is 0 Å². The van der Waals surface area contributed by atoms with Crippen molar-refractivity contribution in [3.63, 3.8) is 0 Å². The molecule has 0 bridgehead atoms. The zero-order chi connectivity index (χ0) is 38.7. The van der Waals surface area contributed by atoms with E-state index in [2.05, 4.69) is 63.5 Å². The third kappa shape index (κ3) is 7.93. The van der Waals surface area contributed by atoms with Gasteiger partial charge in [-0.25, -0.2) is 20.0 Å². The summed E-state index contributed by atoms with van der Waals surface area (Å²) in [5.74, 6) is 4.61. The highest BCUT2D eigenvalue weighted by Gasteiger charge is 2.31. The summed E-state index contributed by atoms with van der Waals surface area (Å²) in [7, 11) is 0. The Morgan fingerprint density at radius 1 is 0.241 bits per heavy atom. The van der Waals surface area contributed by atoms with Crippen LogP contribution >= 0.6 is 0 Å². The van der Waals surface area contributed by atoms with Gasteiger partial charge in [-0.05, 0) is 127 Å². The summed E-state index contributed by atoms with van der Waals surface area (Å²) in [5, 5.41) is 2.22. The Hall–Kier alpha value is -4.22. The lowest BCUT2D eigenvalue weighted by Crippen LogP contribution is -2.41. The normalized spacial score (nSPS) is 22.4. The van der Waals surface area contributed by atoms with Gasteiger partial charge in [0.05, 0.1) is 22.7 Å². The molecule has 8 heterocycles. The summed E-state index contributed by atoms with van der Waals surface area (Å²) in [5.41, 5.74) is 4.03. The van der Waals surface area contributed by atoms with E-state index in [1.165, 1.54) is 103 Å². The highest BCUT2D eigenvalue weighted by Crippen LogP contribution is 2.46. The first kappa shape index (κ1) is 38.0. The molecule has 0 amide bonds. The van der Waals surface area contributed by atoms with Crippen molar-refractivity contribution in [2.24, 2.45) is 20.0 Å². The van der Waals surface area contributed by atoms with Gasteiger partial charge in [0, 0.05) is 115 Å². The molecular weight excluding hydrogens is 721 g/mol. The zero-order valence-electron chi connectivity index (χ0n) is 35.3. The van der Waals surface area contributed by atoms with Crippen LogP contribution in [0.25, 0.3) is 10.8 Å². The van der Waals surface area contributed by atoms with Crippen LogP contribution < -0.4 is 0 Å². The van der Waals surface area contributed by atoms with Gasteiger partial charge in [0.15, 0.2) is 0 Å². The van der Waals surface area contributed by atoms with E-state index >= 15 is 0 Å². The van der Waals surface area contributed by atoms with Crippen LogP contribution in [-0.4, -0.2) is 168 Å². The average Bonchev–Trinajstić information content (AvgIpc) is 4.12. The van der Waals surface area contributed by atoms with Gasteiger partial charge in [0.2, 0.25) is 23.8 Å². The minimum Gasteiger partial charge on any atom is -0.343 e. The van der Waals surface area contributed by atoms with Crippen molar-refractivity contribution in [1.29, 1.82) is 0 Å². The van der Waals surface area contributed by atoms with Crippen molar-refractivity contribution in [3.8, 4) is 0 Å². The van der Waals surface area contributed by atoms with Crippen molar-refractivity contribution in [2.45, 2.75) is 103 Å². The number of benzene rings is 2. The number of hydrogen-bond donors (Lipinski definition) is 0. The maximum Gasteiger partial charge on any atom is 0.201 e. The lowest BCUT2D eigenvalue weighted by atomic mass is 10.0. The Morgan fingerprint density at radius 3 is 0.517 bits per heavy atom.